The van der Waals surface area contributed by atoms with Crippen molar-refractivity contribution in [3.05, 3.63) is 35.9 Å². The molecular formula is C18H29N3O2. The van der Waals surface area contributed by atoms with Crippen LogP contribution in [0.2, 0.25) is 0 Å². The van der Waals surface area contributed by atoms with Crippen LogP contribution in [0, 0.1) is 0 Å². The zero-order valence-electron chi connectivity index (χ0n) is 14.3. The second kappa shape index (κ2) is 9.65. The van der Waals surface area contributed by atoms with Crippen molar-refractivity contribution in [1.82, 2.24) is 15.1 Å². The van der Waals surface area contributed by atoms with Gasteiger partial charge in [-0.1, -0.05) is 37.3 Å². The molecule has 1 saturated heterocycles. The Kier molecular flexibility index (Phi) is 7.52. The van der Waals surface area contributed by atoms with E-state index in [4.69, 9.17) is 4.74 Å². The van der Waals surface area contributed by atoms with Crippen LogP contribution in [-0.4, -0.2) is 68.7 Å². The van der Waals surface area contributed by atoms with Gasteiger partial charge in [0.15, 0.2) is 0 Å². The average Bonchev–Trinajstić information content (AvgIpc) is 2.58. The quantitative estimate of drug-likeness (QED) is 0.738. The number of nitrogens with zero attached hydrogens (tertiary/aromatic N) is 2. The minimum atomic E-state index is 0.0885. The fourth-order valence-electron chi connectivity index (χ4n) is 3.16. The lowest BCUT2D eigenvalue weighted by Crippen LogP contribution is -2.50. The smallest absolute Gasteiger partial charge is 0.234 e. The highest BCUT2D eigenvalue weighted by Crippen LogP contribution is 2.24. The molecule has 5 heteroatoms. The summed E-state index contributed by atoms with van der Waals surface area (Å²) in [4.78, 5) is 16.6. The van der Waals surface area contributed by atoms with Gasteiger partial charge in [-0.15, -0.1) is 0 Å². The fourth-order valence-corrected chi connectivity index (χ4v) is 3.16. The zero-order chi connectivity index (χ0) is 16.5. The maximum atomic E-state index is 11.9. The van der Waals surface area contributed by atoms with Crippen LogP contribution < -0.4 is 5.32 Å². The van der Waals surface area contributed by atoms with Crippen LogP contribution in [0.4, 0.5) is 0 Å². The summed E-state index contributed by atoms with van der Waals surface area (Å²) in [5.41, 5.74) is 1.39. The van der Waals surface area contributed by atoms with Crippen molar-refractivity contribution >= 4 is 5.91 Å². The third-order valence-corrected chi connectivity index (χ3v) is 4.41. The van der Waals surface area contributed by atoms with Crippen LogP contribution >= 0.6 is 0 Å². The van der Waals surface area contributed by atoms with Crippen molar-refractivity contribution in [2.75, 3.05) is 53.0 Å². The number of piperazine rings is 1. The maximum absolute atomic E-state index is 11.9. The van der Waals surface area contributed by atoms with Crippen molar-refractivity contribution < 1.29 is 9.53 Å². The van der Waals surface area contributed by atoms with Crippen LogP contribution in [0.5, 0.6) is 0 Å². The third-order valence-electron chi connectivity index (χ3n) is 4.41. The lowest BCUT2D eigenvalue weighted by Gasteiger charge is -2.39. The van der Waals surface area contributed by atoms with E-state index in [1.165, 1.54) is 5.56 Å². The van der Waals surface area contributed by atoms with Crippen LogP contribution in [0.3, 0.4) is 0 Å². The Bertz CT molecular complexity index is 459. The van der Waals surface area contributed by atoms with Gasteiger partial charge < -0.3 is 10.1 Å². The number of nitrogens with one attached hydrogen (secondary N) is 1. The van der Waals surface area contributed by atoms with Gasteiger partial charge in [0.25, 0.3) is 0 Å². The Labute approximate surface area is 139 Å². The Morgan fingerprint density at radius 3 is 2.52 bits per heavy atom. The first kappa shape index (κ1) is 17.9. The molecule has 1 heterocycles. The molecule has 1 N–H and O–H groups in total. The molecule has 2 rings (SSSR count). The molecule has 0 radical (unpaired) electrons. The number of carbonyl (C=O) groups excluding carboxylic acids is 1. The molecule has 1 atom stereocenters. The second-order valence-electron chi connectivity index (χ2n) is 5.99. The van der Waals surface area contributed by atoms with E-state index in [0.29, 0.717) is 25.7 Å². The van der Waals surface area contributed by atoms with Gasteiger partial charge >= 0.3 is 0 Å². The maximum Gasteiger partial charge on any atom is 0.234 e. The Balaban J connectivity index is 1.78. The molecule has 0 spiro atoms. The molecule has 1 aliphatic rings. The highest BCUT2D eigenvalue weighted by molar-refractivity contribution is 5.78. The van der Waals surface area contributed by atoms with Crippen LogP contribution in [0.25, 0.3) is 0 Å². The number of rotatable bonds is 8. The number of carbonyl (C=O) groups is 1. The topological polar surface area (TPSA) is 44.8 Å². The summed E-state index contributed by atoms with van der Waals surface area (Å²) in [7, 11) is 1.64. The van der Waals surface area contributed by atoms with Gasteiger partial charge in [0, 0.05) is 45.9 Å². The first-order valence-corrected chi connectivity index (χ1v) is 8.51. The molecule has 5 nitrogen and oxygen atoms in total. The second-order valence-corrected chi connectivity index (χ2v) is 5.99. The Hall–Kier alpha value is -1.43. The van der Waals surface area contributed by atoms with Crippen molar-refractivity contribution in [2.24, 2.45) is 0 Å². The number of hydrogen-bond donors (Lipinski definition) is 1. The van der Waals surface area contributed by atoms with Gasteiger partial charge in [-0.2, -0.15) is 0 Å². The molecule has 0 saturated carbocycles. The van der Waals surface area contributed by atoms with E-state index >= 15 is 0 Å². The molecule has 1 aromatic rings. The van der Waals surface area contributed by atoms with Gasteiger partial charge in [-0.3, -0.25) is 14.6 Å². The lowest BCUT2D eigenvalue weighted by molar-refractivity contribution is -0.122. The summed E-state index contributed by atoms with van der Waals surface area (Å²) in [6, 6.07) is 11.2. The largest absolute Gasteiger partial charge is 0.383 e. The van der Waals surface area contributed by atoms with Crippen LogP contribution in [-0.2, 0) is 9.53 Å². The summed E-state index contributed by atoms with van der Waals surface area (Å²) < 4.78 is 4.94. The average molecular weight is 319 g/mol. The van der Waals surface area contributed by atoms with Crippen LogP contribution in [0.1, 0.15) is 24.9 Å². The highest BCUT2D eigenvalue weighted by atomic mass is 16.5. The van der Waals surface area contributed by atoms with Crippen molar-refractivity contribution in [1.29, 1.82) is 0 Å². The SMILES string of the molecule is CCC(c1ccccc1)N1CCN(CC(=O)NCCOC)CC1. The number of methoxy groups -OCH3 is 1. The molecule has 0 bridgehead atoms. The minimum absolute atomic E-state index is 0.0885. The molecule has 1 amide bonds. The summed E-state index contributed by atoms with van der Waals surface area (Å²) in [5, 5.41) is 2.88. The fraction of sp³-hybridized carbons (Fsp3) is 0.611. The first-order valence-electron chi connectivity index (χ1n) is 8.51. The van der Waals surface area contributed by atoms with Gasteiger partial charge in [-0.25, -0.2) is 0 Å². The summed E-state index contributed by atoms with van der Waals surface area (Å²) >= 11 is 0. The van der Waals surface area contributed by atoms with E-state index in [-0.39, 0.29) is 5.91 Å². The number of amides is 1. The summed E-state index contributed by atoms with van der Waals surface area (Å²) in [5.74, 6) is 0.0885. The van der Waals surface area contributed by atoms with Crippen molar-refractivity contribution in [3.63, 3.8) is 0 Å². The van der Waals surface area contributed by atoms with Gasteiger partial charge in [0.1, 0.15) is 0 Å². The minimum Gasteiger partial charge on any atom is -0.383 e. The molecule has 1 unspecified atom stereocenters. The molecule has 128 valence electrons. The van der Waals surface area contributed by atoms with E-state index in [1.807, 2.05) is 0 Å². The van der Waals surface area contributed by atoms with Gasteiger partial charge in [0.05, 0.1) is 13.2 Å². The predicted molar refractivity (Wildman–Crippen MR) is 92.4 cm³/mol. The normalized spacial score (nSPS) is 17.8. The number of ether oxygens (including phenoxy) is 1. The zero-order valence-corrected chi connectivity index (χ0v) is 14.3. The van der Waals surface area contributed by atoms with Crippen LogP contribution in [0.15, 0.2) is 30.3 Å². The Morgan fingerprint density at radius 2 is 1.91 bits per heavy atom. The standard InChI is InChI=1S/C18H29N3O2/c1-3-17(16-7-5-4-6-8-16)21-12-10-20(11-13-21)15-18(22)19-9-14-23-2/h4-8,17H,3,9-15H2,1-2H3,(H,19,22). The highest BCUT2D eigenvalue weighted by Gasteiger charge is 2.24. The van der Waals surface area contributed by atoms with E-state index in [1.54, 1.807) is 7.11 Å². The molecule has 1 aliphatic heterocycles. The molecule has 0 aromatic heterocycles. The predicted octanol–water partition coefficient (Wildman–Crippen LogP) is 1.52. The van der Waals surface area contributed by atoms with E-state index in [9.17, 15) is 4.79 Å². The Morgan fingerprint density at radius 1 is 1.22 bits per heavy atom. The molecule has 1 aromatic carbocycles. The van der Waals surface area contributed by atoms with E-state index in [2.05, 4.69) is 52.4 Å². The molecule has 1 fully saturated rings. The van der Waals surface area contributed by atoms with Gasteiger partial charge in [-0.05, 0) is 12.0 Å². The summed E-state index contributed by atoms with van der Waals surface area (Å²) in [6.45, 7) is 7.79. The monoisotopic (exact) mass is 319 g/mol. The van der Waals surface area contributed by atoms with Crippen molar-refractivity contribution in [3.8, 4) is 0 Å². The summed E-state index contributed by atoms with van der Waals surface area (Å²) in [6.07, 6.45) is 1.11. The lowest BCUT2D eigenvalue weighted by atomic mass is 10.0. The molecular weight excluding hydrogens is 290 g/mol. The molecule has 0 aliphatic carbocycles. The number of hydrogen-bond acceptors (Lipinski definition) is 4. The number of benzene rings is 1. The third kappa shape index (κ3) is 5.61. The van der Waals surface area contributed by atoms with E-state index in [0.717, 1.165) is 32.6 Å². The first-order chi connectivity index (χ1) is 11.2. The molecule has 23 heavy (non-hydrogen) atoms. The van der Waals surface area contributed by atoms with Gasteiger partial charge in [0.2, 0.25) is 5.91 Å². The van der Waals surface area contributed by atoms with Crippen molar-refractivity contribution in [2.45, 2.75) is 19.4 Å². The van der Waals surface area contributed by atoms with E-state index < -0.39 is 0 Å².